The van der Waals surface area contributed by atoms with E-state index in [0.29, 0.717) is 11.6 Å². The average Bonchev–Trinajstić information content (AvgIpc) is 3.77. The summed E-state index contributed by atoms with van der Waals surface area (Å²) in [5, 5.41) is 3.84. The summed E-state index contributed by atoms with van der Waals surface area (Å²) < 4.78 is 4.91. The predicted octanol–water partition coefficient (Wildman–Crippen LogP) is 12.7. The third-order valence-corrected chi connectivity index (χ3v) is 11.8. The summed E-state index contributed by atoms with van der Waals surface area (Å²) in [6.45, 7) is 4.69. The molecule has 4 heterocycles. The summed E-state index contributed by atoms with van der Waals surface area (Å²) >= 11 is 0. The maximum Gasteiger partial charge on any atom is 0.164 e. The molecule has 0 radical (unpaired) electrons. The van der Waals surface area contributed by atoms with Gasteiger partial charge in [0.15, 0.2) is 17.5 Å². The molecule has 268 valence electrons. The maximum atomic E-state index is 5.09. The van der Waals surface area contributed by atoms with Gasteiger partial charge >= 0.3 is 0 Å². The molecule has 5 nitrogen and oxygen atoms in total. The standard InChI is InChI=1S/C51H39N5/c1-51(2)41-25-11-13-27-44(41)56-43-28-29-45-47(40(43)32-46(51)56)39-24-10-12-26-42(39)55(45)38-23-15-21-36(31-38)35-20-14-22-37(30-35)50-53-48(33-16-6-3-4-7-17-33)52-49(54-50)34-18-8-5-9-19-34/h3,5-6,8-15,17-32H,4,7,16H2,1-2H3. The van der Waals surface area contributed by atoms with Gasteiger partial charge in [0.25, 0.3) is 0 Å². The lowest BCUT2D eigenvalue weighted by Gasteiger charge is -2.18. The molecule has 6 aromatic carbocycles. The molecule has 1 aliphatic heterocycles. The van der Waals surface area contributed by atoms with Crippen LogP contribution >= 0.6 is 0 Å². The van der Waals surface area contributed by atoms with E-state index in [-0.39, 0.29) is 5.41 Å². The number of benzene rings is 6. The SMILES string of the molecule is CC1(C)c2ccccc2-n2c1cc1c3c4ccccc4n(-c4cccc(-c5cccc(-c6nc(C7=CCCC=CC7)nc(-c7ccccc7)n6)c5)c4)c3ccc12. The normalized spacial score (nSPS) is 14.6. The van der Waals surface area contributed by atoms with Crippen LogP contribution in [0.15, 0.2) is 164 Å². The van der Waals surface area contributed by atoms with Crippen LogP contribution in [-0.2, 0) is 5.41 Å². The van der Waals surface area contributed by atoms with Gasteiger partial charge in [-0.05, 0) is 90.1 Å². The van der Waals surface area contributed by atoms with Gasteiger partial charge in [-0.1, -0.05) is 129 Å². The van der Waals surface area contributed by atoms with E-state index in [0.717, 1.165) is 58.6 Å². The lowest BCUT2D eigenvalue weighted by molar-refractivity contribution is 0.645. The highest BCUT2D eigenvalue weighted by molar-refractivity contribution is 6.21. The van der Waals surface area contributed by atoms with Crippen LogP contribution < -0.4 is 0 Å². The van der Waals surface area contributed by atoms with Crippen molar-refractivity contribution in [1.29, 1.82) is 0 Å². The van der Waals surface area contributed by atoms with Gasteiger partial charge in [0.05, 0.1) is 16.6 Å². The highest BCUT2D eigenvalue weighted by Gasteiger charge is 2.37. The minimum Gasteiger partial charge on any atom is -0.312 e. The van der Waals surface area contributed by atoms with Crippen LogP contribution in [0.25, 0.3) is 83.6 Å². The first kappa shape index (κ1) is 32.6. The summed E-state index contributed by atoms with van der Waals surface area (Å²) in [5.74, 6) is 2.11. The van der Waals surface area contributed by atoms with Gasteiger partial charge in [-0.25, -0.2) is 15.0 Å². The molecule has 0 N–H and O–H groups in total. The fourth-order valence-electron chi connectivity index (χ4n) is 9.06. The lowest BCUT2D eigenvalue weighted by Crippen LogP contribution is -2.14. The second-order valence-electron chi connectivity index (χ2n) is 15.5. The highest BCUT2D eigenvalue weighted by atomic mass is 15.0. The molecule has 56 heavy (non-hydrogen) atoms. The van der Waals surface area contributed by atoms with E-state index < -0.39 is 0 Å². The third kappa shape index (κ3) is 5.04. The molecule has 0 bridgehead atoms. The first-order chi connectivity index (χ1) is 27.5. The monoisotopic (exact) mass is 721 g/mol. The highest BCUT2D eigenvalue weighted by Crippen LogP contribution is 2.48. The van der Waals surface area contributed by atoms with Crippen LogP contribution in [0.3, 0.4) is 0 Å². The Morgan fingerprint density at radius 1 is 0.500 bits per heavy atom. The zero-order valence-corrected chi connectivity index (χ0v) is 31.4. The van der Waals surface area contributed by atoms with E-state index in [2.05, 4.69) is 169 Å². The van der Waals surface area contributed by atoms with Crippen LogP contribution in [-0.4, -0.2) is 24.1 Å². The van der Waals surface area contributed by atoms with Crippen molar-refractivity contribution >= 4 is 38.3 Å². The molecule has 0 fully saturated rings. The molecule has 1 aliphatic carbocycles. The number of para-hydroxylation sites is 2. The van der Waals surface area contributed by atoms with Crippen LogP contribution in [0, 0.1) is 0 Å². The minimum atomic E-state index is -0.0843. The van der Waals surface area contributed by atoms with Crippen LogP contribution in [0.5, 0.6) is 0 Å². The summed E-state index contributed by atoms with van der Waals surface area (Å²) in [6, 6.07) is 52.5. The Hall–Kier alpha value is -6.85. The second kappa shape index (κ2) is 12.6. The molecule has 0 spiro atoms. The molecule has 5 heteroatoms. The van der Waals surface area contributed by atoms with Crippen molar-refractivity contribution in [3.05, 3.63) is 181 Å². The van der Waals surface area contributed by atoms with E-state index in [1.165, 1.54) is 49.7 Å². The summed E-state index contributed by atoms with van der Waals surface area (Å²) in [7, 11) is 0. The summed E-state index contributed by atoms with van der Waals surface area (Å²) in [6.07, 6.45) is 9.58. The quantitative estimate of drug-likeness (QED) is 0.166. The molecule has 0 saturated heterocycles. The molecule has 2 aliphatic rings. The number of allylic oxidation sites excluding steroid dienone is 4. The number of aromatic nitrogens is 5. The van der Waals surface area contributed by atoms with Crippen molar-refractivity contribution in [3.63, 3.8) is 0 Å². The Morgan fingerprint density at radius 3 is 2.07 bits per heavy atom. The largest absolute Gasteiger partial charge is 0.312 e. The third-order valence-electron chi connectivity index (χ3n) is 11.8. The Bertz CT molecular complexity index is 3080. The van der Waals surface area contributed by atoms with Crippen molar-refractivity contribution in [2.75, 3.05) is 0 Å². The van der Waals surface area contributed by atoms with Gasteiger partial charge in [0.1, 0.15) is 0 Å². The number of hydrogen-bond acceptors (Lipinski definition) is 3. The summed E-state index contributed by atoms with van der Waals surface area (Å²) in [5.41, 5.74) is 14.0. The Morgan fingerprint density at radius 2 is 1.18 bits per heavy atom. The van der Waals surface area contributed by atoms with Crippen molar-refractivity contribution in [2.24, 2.45) is 0 Å². The Kier molecular flexibility index (Phi) is 7.33. The van der Waals surface area contributed by atoms with E-state index in [1.807, 2.05) is 18.2 Å². The lowest BCUT2D eigenvalue weighted by atomic mass is 9.83. The van der Waals surface area contributed by atoms with Gasteiger partial charge in [0.2, 0.25) is 0 Å². The molecule has 0 amide bonds. The van der Waals surface area contributed by atoms with E-state index in [4.69, 9.17) is 15.0 Å². The number of fused-ring (bicyclic) bond motifs is 9. The molecule has 11 rings (SSSR count). The van der Waals surface area contributed by atoms with Gasteiger partial charge < -0.3 is 9.13 Å². The zero-order chi connectivity index (χ0) is 37.4. The number of hydrogen-bond donors (Lipinski definition) is 0. The van der Waals surface area contributed by atoms with Crippen LogP contribution in [0.2, 0.25) is 0 Å². The Balaban J connectivity index is 1.04. The van der Waals surface area contributed by atoms with Gasteiger partial charge in [-0.2, -0.15) is 0 Å². The molecule has 3 aromatic heterocycles. The zero-order valence-electron chi connectivity index (χ0n) is 31.4. The van der Waals surface area contributed by atoms with Gasteiger partial charge in [-0.15, -0.1) is 0 Å². The predicted molar refractivity (Wildman–Crippen MR) is 230 cm³/mol. The van der Waals surface area contributed by atoms with Crippen LogP contribution in [0.4, 0.5) is 0 Å². The smallest absolute Gasteiger partial charge is 0.164 e. The Labute approximate surface area is 326 Å². The van der Waals surface area contributed by atoms with Crippen molar-refractivity contribution in [2.45, 2.75) is 38.5 Å². The second-order valence-corrected chi connectivity index (χ2v) is 15.5. The molecular weight excluding hydrogens is 683 g/mol. The van der Waals surface area contributed by atoms with Crippen LogP contribution in [0.1, 0.15) is 50.2 Å². The van der Waals surface area contributed by atoms with E-state index >= 15 is 0 Å². The van der Waals surface area contributed by atoms with Gasteiger partial charge in [0, 0.05) is 49.8 Å². The van der Waals surface area contributed by atoms with Gasteiger partial charge in [-0.3, -0.25) is 0 Å². The first-order valence-electron chi connectivity index (χ1n) is 19.6. The average molecular weight is 722 g/mol. The van der Waals surface area contributed by atoms with E-state index in [1.54, 1.807) is 0 Å². The fraction of sp³-hybridized carbons (Fsp3) is 0.118. The molecule has 0 unspecified atom stereocenters. The molecule has 9 aromatic rings. The minimum absolute atomic E-state index is 0.0843. The van der Waals surface area contributed by atoms with Crippen molar-refractivity contribution < 1.29 is 0 Å². The molecule has 0 atom stereocenters. The summed E-state index contributed by atoms with van der Waals surface area (Å²) in [4.78, 5) is 15.1. The topological polar surface area (TPSA) is 48.5 Å². The van der Waals surface area contributed by atoms with E-state index in [9.17, 15) is 0 Å². The first-order valence-corrected chi connectivity index (χ1v) is 19.6. The maximum absolute atomic E-state index is 5.09. The van der Waals surface area contributed by atoms with Crippen molar-refractivity contribution in [1.82, 2.24) is 24.1 Å². The van der Waals surface area contributed by atoms with Crippen molar-refractivity contribution in [3.8, 4) is 45.3 Å². The fourth-order valence-corrected chi connectivity index (χ4v) is 9.06. The molecular formula is C51H39N5. The number of rotatable bonds is 5. The number of nitrogens with zero attached hydrogens (tertiary/aromatic N) is 5. The molecule has 0 saturated carbocycles.